The molecule has 2 saturated heterocycles. The average molecular weight is 791 g/mol. The fourth-order valence-corrected chi connectivity index (χ4v) is 8.33. The molecule has 0 saturated carbocycles. The zero-order valence-electron chi connectivity index (χ0n) is 33.9. The van der Waals surface area contributed by atoms with Gasteiger partial charge in [0.05, 0.1) is 41.3 Å². The molecule has 5 N–H and O–H groups in total. The Morgan fingerprint density at radius 2 is 1.22 bits per heavy atom. The highest BCUT2D eigenvalue weighted by molar-refractivity contribution is 5.89. The first kappa shape index (κ1) is 40.4. The second-order valence-electron chi connectivity index (χ2n) is 16.2. The van der Waals surface area contributed by atoms with Gasteiger partial charge in [-0.2, -0.15) is 0 Å². The number of fused-ring (bicyclic) bond motifs is 2. The van der Waals surface area contributed by atoms with Gasteiger partial charge in [-0.05, 0) is 96.9 Å². The van der Waals surface area contributed by atoms with Gasteiger partial charge in [0.15, 0.2) is 0 Å². The van der Waals surface area contributed by atoms with Gasteiger partial charge in [0.25, 0.3) is 0 Å². The van der Waals surface area contributed by atoms with Crippen LogP contribution < -0.4 is 10.6 Å². The number of amides is 4. The number of hydrogen-bond acceptors (Lipinski definition) is 8. The van der Waals surface area contributed by atoms with Gasteiger partial charge < -0.3 is 40.2 Å². The number of benzene rings is 3. The summed E-state index contributed by atoms with van der Waals surface area (Å²) in [6.45, 7) is 8.11. The highest BCUT2D eigenvalue weighted by Crippen LogP contribution is 2.35. The number of hydrogen-bond donors (Lipinski definition) is 5. The van der Waals surface area contributed by atoms with E-state index in [9.17, 15) is 24.3 Å². The molecular formula is C44H54N8O6. The zero-order valence-corrected chi connectivity index (χ0v) is 33.9. The Hall–Kier alpha value is -5.76. The lowest BCUT2D eigenvalue weighted by atomic mass is 10.00. The summed E-state index contributed by atoms with van der Waals surface area (Å²) in [4.78, 5) is 71.4. The summed E-state index contributed by atoms with van der Waals surface area (Å²) in [5.41, 5.74) is 8.07. The number of alkyl carbamates (subject to hydrolysis) is 1. The Morgan fingerprint density at radius 3 is 1.78 bits per heavy atom. The molecule has 0 spiro atoms. The van der Waals surface area contributed by atoms with Gasteiger partial charge in [0.2, 0.25) is 17.7 Å². The molecule has 4 unspecified atom stereocenters. The highest BCUT2D eigenvalue weighted by Gasteiger charge is 2.39. The van der Waals surface area contributed by atoms with Crippen LogP contribution in [0.4, 0.5) is 4.79 Å². The molecule has 4 atom stereocenters. The second-order valence-corrected chi connectivity index (χ2v) is 16.2. The van der Waals surface area contributed by atoms with Gasteiger partial charge in [-0.15, -0.1) is 0 Å². The van der Waals surface area contributed by atoms with Crippen molar-refractivity contribution in [1.29, 1.82) is 0 Å². The normalized spacial score (nSPS) is 18.0. The van der Waals surface area contributed by atoms with Crippen molar-refractivity contribution in [2.24, 2.45) is 11.8 Å². The van der Waals surface area contributed by atoms with E-state index in [1.807, 2.05) is 44.7 Å². The minimum absolute atomic E-state index is 0.103. The van der Waals surface area contributed by atoms with Crippen molar-refractivity contribution in [3.63, 3.8) is 0 Å². The van der Waals surface area contributed by atoms with Gasteiger partial charge in [0, 0.05) is 13.1 Å². The number of imidazole rings is 2. The number of aliphatic hydroxyl groups is 1. The number of aryl methyl sites for hydroxylation is 2. The molecule has 306 valence electrons. The topological polar surface area (TPSA) is 186 Å². The van der Waals surface area contributed by atoms with Crippen molar-refractivity contribution in [1.82, 2.24) is 40.4 Å². The quantitative estimate of drug-likeness (QED) is 0.100. The number of methoxy groups -OCH3 is 1. The number of H-pyrrole nitrogens is 2. The number of nitrogens with zero attached hydrogens (tertiary/aromatic N) is 4. The van der Waals surface area contributed by atoms with Crippen LogP contribution >= 0.6 is 0 Å². The number of aromatic nitrogens is 4. The van der Waals surface area contributed by atoms with Gasteiger partial charge in [-0.1, -0.05) is 64.1 Å². The van der Waals surface area contributed by atoms with Crippen molar-refractivity contribution < 1.29 is 29.0 Å². The number of ether oxygens (including phenoxy) is 1. The lowest BCUT2D eigenvalue weighted by molar-refractivity contribution is -0.139. The average Bonchev–Trinajstić information content (AvgIpc) is 4.05. The Labute approximate surface area is 338 Å². The minimum atomic E-state index is -0.713. The molecule has 2 fully saturated rings. The maximum Gasteiger partial charge on any atom is 0.407 e. The Kier molecular flexibility index (Phi) is 12.1. The molecule has 0 radical (unpaired) electrons. The Balaban J connectivity index is 0.991. The molecule has 0 bridgehead atoms. The van der Waals surface area contributed by atoms with Crippen molar-refractivity contribution in [2.45, 2.75) is 90.4 Å². The standard InChI is InChI=1S/C44H54N8O6/c1-25(2)38(49-37(54)24-53)42(55)51-20-6-8-35(51)40-45-31-18-14-28(22-33(31)47-40)11-10-27-12-15-29(16-13-27)30-17-19-32-34(23-30)48-41(46-32)36-9-7-21-52(36)43(56)39(26(3)4)50-44(57)58-5/h12-19,22-23,25-26,35-36,38-39,53H,6-11,20-21,24H2,1-5H3,(H,45,47)(H,46,48)(H,49,54)(H,50,57). The van der Waals surface area contributed by atoms with Crippen LogP contribution in [0.2, 0.25) is 0 Å². The fourth-order valence-electron chi connectivity index (χ4n) is 8.33. The summed E-state index contributed by atoms with van der Waals surface area (Å²) < 4.78 is 4.77. The second kappa shape index (κ2) is 17.4. The van der Waals surface area contributed by atoms with Crippen LogP contribution in [0.5, 0.6) is 0 Å². The lowest BCUT2D eigenvalue weighted by Crippen LogP contribution is -2.51. The molecule has 3 aromatic carbocycles. The van der Waals surface area contributed by atoms with Crippen LogP contribution in [-0.2, 0) is 32.0 Å². The monoisotopic (exact) mass is 790 g/mol. The molecule has 2 aliphatic rings. The van der Waals surface area contributed by atoms with Gasteiger partial charge >= 0.3 is 6.09 Å². The summed E-state index contributed by atoms with van der Waals surface area (Å²) in [7, 11) is 1.29. The molecule has 4 amide bonds. The number of nitrogens with one attached hydrogen (secondary N) is 4. The van der Waals surface area contributed by atoms with E-state index in [1.54, 1.807) is 4.90 Å². The van der Waals surface area contributed by atoms with E-state index in [0.717, 1.165) is 83.4 Å². The lowest BCUT2D eigenvalue weighted by Gasteiger charge is -2.30. The largest absolute Gasteiger partial charge is 0.453 e. The van der Waals surface area contributed by atoms with E-state index in [0.29, 0.717) is 13.1 Å². The molecule has 5 aromatic rings. The van der Waals surface area contributed by atoms with Crippen LogP contribution in [0, 0.1) is 11.8 Å². The molecular weight excluding hydrogens is 737 g/mol. The van der Waals surface area contributed by atoms with Crippen molar-refractivity contribution in [3.8, 4) is 11.1 Å². The minimum Gasteiger partial charge on any atom is -0.453 e. The number of aliphatic hydroxyl groups excluding tert-OH is 1. The SMILES string of the molecule is COC(=O)NC(C(=O)N1CCCC1c1nc2ccc(-c3ccc(CCc4ccc5nc(C6CCCN6C(=O)C(NC(=O)CO)C(C)C)[nH]c5c4)cc3)cc2[nH]1)C(C)C. The molecule has 2 aliphatic heterocycles. The molecule has 0 aliphatic carbocycles. The van der Waals surface area contributed by atoms with Crippen molar-refractivity contribution >= 4 is 45.9 Å². The number of carbonyl (C=O) groups excluding carboxylic acids is 4. The van der Waals surface area contributed by atoms with Gasteiger partial charge in [-0.25, -0.2) is 14.8 Å². The third kappa shape index (κ3) is 8.57. The van der Waals surface area contributed by atoms with E-state index < -0.39 is 30.7 Å². The number of carbonyl (C=O) groups is 4. The summed E-state index contributed by atoms with van der Waals surface area (Å²) in [6.07, 6.45) is 4.35. The highest BCUT2D eigenvalue weighted by atomic mass is 16.5. The van der Waals surface area contributed by atoms with Gasteiger partial charge in [-0.3, -0.25) is 14.4 Å². The predicted molar refractivity (Wildman–Crippen MR) is 220 cm³/mol. The number of likely N-dealkylation sites (tertiary alicyclic amines) is 2. The molecule has 58 heavy (non-hydrogen) atoms. The van der Waals surface area contributed by atoms with Crippen molar-refractivity contribution in [2.75, 3.05) is 26.8 Å². The third-order valence-corrected chi connectivity index (χ3v) is 11.5. The zero-order chi connectivity index (χ0) is 41.1. The van der Waals surface area contributed by atoms with Crippen LogP contribution in [0.15, 0.2) is 60.7 Å². The maximum absolute atomic E-state index is 13.6. The molecule has 14 nitrogen and oxygen atoms in total. The summed E-state index contributed by atoms with van der Waals surface area (Å²) >= 11 is 0. The van der Waals surface area contributed by atoms with Crippen molar-refractivity contribution in [3.05, 3.63) is 83.4 Å². The van der Waals surface area contributed by atoms with E-state index in [1.165, 1.54) is 18.2 Å². The van der Waals surface area contributed by atoms with Gasteiger partial charge in [0.1, 0.15) is 30.3 Å². The molecule has 7 rings (SSSR count). The molecule has 4 heterocycles. The van der Waals surface area contributed by atoms with E-state index >= 15 is 0 Å². The Morgan fingerprint density at radius 1 is 0.724 bits per heavy atom. The first-order chi connectivity index (χ1) is 27.9. The molecule has 2 aromatic heterocycles. The first-order valence-electron chi connectivity index (χ1n) is 20.4. The summed E-state index contributed by atoms with van der Waals surface area (Å²) in [5, 5.41) is 14.6. The molecule has 14 heteroatoms. The van der Waals surface area contributed by atoms with Crippen LogP contribution in [0.3, 0.4) is 0 Å². The predicted octanol–water partition coefficient (Wildman–Crippen LogP) is 5.73. The maximum atomic E-state index is 13.6. The summed E-state index contributed by atoms with van der Waals surface area (Å²) in [5.74, 6) is 0.410. The Bertz CT molecular complexity index is 2280. The van der Waals surface area contributed by atoms with E-state index in [-0.39, 0.29) is 35.7 Å². The van der Waals surface area contributed by atoms with E-state index in [4.69, 9.17) is 14.7 Å². The van der Waals surface area contributed by atoms with Crippen LogP contribution in [0.1, 0.15) is 88.2 Å². The third-order valence-electron chi connectivity index (χ3n) is 11.5. The number of rotatable bonds is 13. The van der Waals surface area contributed by atoms with E-state index in [2.05, 4.69) is 69.1 Å². The van der Waals surface area contributed by atoms with Crippen LogP contribution in [0.25, 0.3) is 33.2 Å². The first-order valence-corrected chi connectivity index (χ1v) is 20.4. The number of aromatic amines is 2. The fraction of sp³-hybridized carbons (Fsp3) is 0.455. The summed E-state index contributed by atoms with van der Waals surface area (Å²) in [6, 6.07) is 19.3. The smallest absolute Gasteiger partial charge is 0.407 e. The van der Waals surface area contributed by atoms with Crippen LogP contribution in [-0.4, -0.2) is 97.5 Å².